The Morgan fingerprint density at radius 1 is 0.720 bits per heavy atom. The van der Waals surface area contributed by atoms with Gasteiger partial charge < -0.3 is 9.88 Å². The molecular formula is C48H44N2. The minimum atomic E-state index is -0.0780. The summed E-state index contributed by atoms with van der Waals surface area (Å²) in [6, 6.07) is 39.8. The van der Waals surface area contributed by atoms with Crippen molar-refractivity contribution in [3.8, 4) is 11.1 Å². The van der Waals surface area contributed by atoms with E-state index in [1.807, 2.05) is 0 Å². The molecule has 0 radical (unpaired) electrons. The van der Waals surface area contributed by atoms with Crippen molar-refractivity contribution in [2.75, 3.05) is 0 Å². The largest absolute Gasteiger partial charge is 0.333 e. The second-order valence-corrected chi connectivity index (χ2v) is 15.6. The summed E-state index contributed by atoms with van der Waals surface area (Å²) in [6.07, 6.45) is 21.1. The normalized spacial score (nSPS) is 25.2. The lowest BCUT2D eigenvalue weighted by atomic mass is 9.75. The first kappa shape index (κ1) is 29.9. The molecule has 1 saturated heterocycles. The van der Waals surface area contributed by atoms with Gasteiger partial charge in [-0.2, -0.15) is 0 Å². The van der Waals surface area contributed by atoms with E-state index in [4.69, 9.17) is 0 Å². The van der Waals surface area contributed by atoms with E-state index in [9.17, 15) is 0 Å². The van der Waals surface area contributed by atoms with E-state index in [1.165, 1.54) is 72.4 Å². The Morgan fingerprint density at radius 3 is 2.32 bits per heavy atom. The fourth-order valence-electron chi connectivity index (χ4n) is 10.2. The van der Waals surface area contributed by atoms with Gasteiger partial charge in [0.1, 0.15) is 0 Å². The highest BCUT2D eigenvalue weighted by Crippen LogP contribution is 2.56. The zero-order valence-corrected chi connectivity index (χ0v) is 29.0. The summed E-state index contributed by atoms with van der Waals surface area (Å²) in [5, 5.41) is 9.72. The number of rotatable bonds is 4. The number of allylic oxidation sites excluding steroid dienone is 5. The Morgan fingerprint density at radius 2 is 1.48 bits per heavy atom. The van der Waals surface area contributed by atoms with Crippen LogP contribution in [0.5, 0.6) is 0 Å². The molecule has 0 spiro atoms. The highest BCUT2D eigenvalue weighted by Gasteiger charge is 2.40. The maximum atomic E-state index is 4.20. The Bertz CT molecular complexity index is 2420. The summed E-state index contributed by atoms with van der Waals surface area (Å²) in [6.45, 7) is 4.84. The van der Waals surface area contributed by atoms with Gasteiger partial charge >= 0.3 is 0 Å². The minimum absolute atomic E-state index is 0.0780. The first-order chi connectivity index (χ1) is 24.6. The van der Waals surface area contributed by atoms with Crippen LogP contribution in [-0.2, 0) is 5.41 Å². The van der Waals surface area contributed by atoms with Gasteiger partial charge in [0.05, 0.1) is 11.6 Å². The van der Waals surface area contributed by atoms with Crippen LogP contribution >= 0.6 is 0 Å². The third kappa shape index (κ3) is 4.51. The molecule has 2 heterocycles. The van der Waals surface area contributed by atoms with Crippen molar-refractivity contribution in [2.45, 2.75) is 69.0 Å². The Balaban J connectivity index is 1.16. The summed E-state index contributed by atoms with van der Waals surface area (Å²) < 4.78 is 2.70. The Kier molecular flexibility index (Phi) is 6.93. The molecule has 1 aliphatic heterocycles. The van der Waals surface area contributed by atoms with Gasteiger partial charge in [0.15, 0.2) is 0 Å². The van der Waals surface area contributed by atoms with E-state index in [0.29, 0.717) is 23.9 Å². The van der Waals surface area contributed by atoms with Gasteiger partial charge in [-0.1, -0.05) is 153 Å². The predicted molar refractivity (Wildman–Crippen MR) is 211 cm³/mol. The van der Waals surface area contributed by atoms with Crippen LogP contribution in [0.25, 0.3) is 43.7 Å². The number of para-hydroxylation sites is 1. The van der Waals surface area contributed by atoms with Crippen molar-refractivity contribution in [1.82, 2.24) is 9.88 Å². The molecule has 0 saturated carbocycles. The number of nitrogens with one attached hydrogen (secondary N) is 1. The van der Waals surface area contributed by atoms with Crippen molar-refractivity contribution < 1.29 is 0 Å². The molecule has 0 amide bonds. The lowest BCUT2D eigenvalue weighted by molar-refractivity contribution is 0.267. The molecule has 0 bridgehead atoms. The van der Waals surface area contributed by atoms with E-state index >= 15 is 0 Å². The van der Waals surface area contributed by atoms with Gasteiger partial charge in [0.25, 0.3) is 0 Å². The van der Waals surface area contributed by atoms with Gasteiger partial charge in [-0.05, 0) is 82.4 Å². The summed E-state index contributed by atoms with van der Waals surface area (Å²) in [7, 11) is 0. The predicted octanol–water partition coefficient (Wildman–Crippen LogP) is 11.7. The van der Waals surface area contributed by atoms with Crippen LogP contribution in [0.3, 0.4) is 0 Å². The van der Waals surface area contributed by atoms with Crippen molar-refractivity contribution >= 4 is 32.6 Å². The maximum absolute atomic E-state index is 4.20. The van der Waals surface area contributed by atoms with E-state index in [-0.39, 0.29) is 11.5 Å². The first-order valence-corrected chi connectivity index (χ1v) is 18.7. The van der Waals surface area contributed by atoms with Crippen LogP contribution in [-0.4, -0.2) is 16.7 Å². The third-order valence-corrected chi connectivity index (χ3v) is 12.4. The molecule has 5 unspecified atom stereocenters. The molecule has 4 aliphatic rings. The molecule has 2 nitrogen and oxygen atoms in total. The monoisotopic (exact) mass is 648 g/mol. The smallest absolute Gasteiger partial charge is 0.0583 e. The van der Waals surface area contributed by atoms with Gasteiger partial charge in [-0.25, -0.2) is 0 Å². The molecule has 2 heteroatoms. The lowest BCUT2D eigenvalue weighted by Gasteiger charge is -2.41. The van der Waals surface area contributed by atoms with Gasteiger partial charge in [0, 0.05) is 39.2 Å². The number of hydrogen-bond donors (Lipinski definition) is 1. The number of piperidine rings is 1. The zero-order chi connectivity index (χ0) is 33.4. The molecule has 246 valence electrons. The first-order valence-electron chi connectivity index (χ1n) is 18.7. The SMILES string of the molecule is CC1(C)c2ccccc2-c2c1c1ccccc1c1c2c2ccccc2n1C1C=C(C2CC(c3ccccc3)CC(C3C=CC=CC3)N2)C=CC1. The average Bonchev–Trinajstić information content (AvgIpc) is 3.65. The second-order valence-electron chi connectivity index (χ2n) is 15.6. The van der Waals surface area contributed by atoms with Crippen molar-refractivity contribution in [3.05, 3.63) is 168 Å². The number of aromatic nitrogens is 1. The van der Waals surface area contributed by atoms with Gasteiger partial charge in [-0.15, -0.1) is 0 Å². The standard InChI is InChI=1S/C48H44N2/c1-48(2)40-26-13-11-24-38(40)44-45-39-25-12-14-27-43(39)50(47(45)37-23-10-9-22-36(37)46(44)48)35-21-15-20-33(28-35)42-30-34(31-16-5-3-6-17-31)29-41(49-42)32-18-7-4-8-19-32/h3-18,20,22-28,32,34-35,41-42,49H,19,21,29-30H2,1-2H3. The van der Waals surface area contributed by atoms with Crippen LogP contribution in [0.15, 0.2) is 151 Å². The molecule has 50 heavy (non-hydrogen) atoms. The maximum Gasteiger partial charge on any atom is 0.0583 e. The Hall–Kier alpha value is -4.92. The average molecular weight is 649 g/mol. The van der Waals surface area contributed by atoms with Crippen LogP contribution in [0, 0.1) is 5.92 Å². The van der Waals surface area contributed by atoms with E-state index in [2.05, 4.69) is 169 Å². The molecule has 1 aromatic heterocycles. The fraction of sp³-hybridized carbons (Fsp3) is 0.250. The van der Waals surface area contributed by atoms with E-state index in [0.717, 1.165) is 19.3 Å². The molecule has 1 fully saturated rings. The number of hydrogen-bond acceptors (Lipinski definition) is 1. The summed E-state index contributed by atoms with van der Waals surface area (Å²) in [5.74, 6) is 1.06. The molecular weight excluding hydrogens is 605 g/mol. The molecule has 5 atom stereocenters. The van der Waals surface area contributed by atoms with E-state index < -0.39 is 0 Å². The molecule has 6 aromatic rings. The van der Waals surface area contributed by atoms with Crippen LogP contribution in [0.4, 0.5) is 0 Å². The number of nitrogens with zero attached hydrogens (tertiary/aromatic N) is 1. The quantitative estimate of drug-likeness (QED) is 0.201. The summed E-state index contributed by atoms with van der Waals surface area (Å²) in [5.41, 5.74) is 11.3. The minimum Gasteiger partial charge on any atom is -0.333 e. The van der Waals surface area contributed by atoms with Crippen molar-refractivity contribution in [1.29, 1.82) is 0 Å². The molecule has 5 aromatic carbocycles. The third-order valence-electron chi connectivity index (χ3n) is 12.4. The number of benzene rings is 5. The molecule has 1 N–H and O–H groups in total. The fourth-order valence-corrected chi connectivity index (χ4v) is 10.2. The van der Waals surface area contributed by atoms with Crippen molar-refractivity contribution in [3.63, 3.8) is 0 Å². The Labute approximate surface area is 295 Å². The highest BCUT2D eigenvalue weighted by molar-refractivity contribution is 6.26. The van der Waals surface area contributed by atoms with Gasteiger partial charge in [-0.3, -0.25) is 0 Å². The van der Waals surface area contributed by atoms with E-state index in [1.54, 1.807) is 0 Å². The molecule has 10 rings (SSSR count). The zero-order valence-electron chi connectivity index (χ0n) is 29.0. The summed E-state index contributed by atoms with van der Waals surface area (Å²) >= 11 is 0. The highest BCUT2D eigenvalue weighted by atomic mass is 15.0. The van der Waals surface area contributed by atoms with Crippen LogP contribution in [0.1, 0.15) is 68.2 Å². The molecule has 3 aliphatic carbocycles. The topological polar surface area (TPSA) is 17.0 Å². The van der Waals surface area contributed by atoms with Crippen LogP contribution < -0.4 is 5.32 Å². The van der Waals surface area contributed by atoms with Crippen molar-refractivity contribution in [2.24, 2.45) is 5.92 Å². The van der Waals surface area contributed by atoms with Crippen LogP contribution in [0.2, 0.25) is 0 Å². The lowest BCUT2D eigenvalue weighted by Crippen LogP contribution is -2.49. The number of fused-ring (bicyclic) bond motifs is 10. The second kappa shape index (κ2) is 11.6. The van der Waals surface area contributed by atoms with Gasteiger partial charge in [0.2, 0.25) is 0 Å². The summed E-state index contributed by atoms with van der Waals surface area (Å²) in [4.78, 5) is 0.